The van der Waals surface area contributed by atoms with Crippen LogP contribution in [-0.4, -0.2) is 43.2 Å². The first kappa shape index (κ1) is 8.75. The number of rotatable bonds is 3. The Morgan fingerprint density at radius 3 is 3.18 bits per heavy atom. The van der Waals surface area contributed by atoms with Crippen LogP contribution in [0.1, 0.15) is 12.8 Å². The smallest absolute Gasteiger partial charge is 0.281 e. The molecule has 1 unspecified atom stereocenters. The highest BCUT2D eigenvalue weighted by Crippen LogP contribution is 2.13. The van der Waals surface area contributed by atoms with Gasteiger partial charge in [-0.05, 0) is 31.8 Å². The standard InChI is InChI=1S/C7H14BNO2/c10-5-7-2-1-3-9(4-7)8-6-11/h6-8,10H,1-5H2. The Labute approximate surface area is 67.6 Å². The third kappa shape index (κ3) is 2.63. The molecule has 11 heavy (non-hydrogen) atoms. The van der Waals surface area contributed by atoms with Crippen LogP contribution in [0.2, 0.25) is 0 Å². The quantitative estimate of drug-likeness (QED) is 0.429. The number of hydrogen-bond acceptors (Lipinski definition) is 3. The van der Waals surface area contributed by atoms with Gasteiger partial charge in [-0.2, -0.15) is 0 Å². The summed E-state index contributed by atoms with van der Waals surface area (Å²) in [7, 11) is 0.524. The van der Waals surface area contributed by atoms with Gasteiger partial charge in [0.1, 0.15) is 0 Å². The first-order chi connectivity index (χ1) is 5.36. The summed E-state index contributed by atoms with van der Waals surface area (Å²) in [6.07, 6.45) is 3.14. The minimum Gasteiger partial charge on any atom is -0.396 e. The van der Waals surface area contributed by atoms with E-state index in [2.05, 4.69) is 4.81 Å². The third-order valence-corrected chi connectivity index (χ3v) is 2.19. The maximum Gasteiger partial charge on any atom is 0.281 e. The van der Waals surface area contributed by atoms with Crippen molar-refractivity contribution >= 4 is 13.6 Å². The minimum absolute atomic E-state index is 0.259. The van der Waals surface area contributed by atoms with Crippen LogP contribution in [0.25, 0.3) is 0 Å². The summed E-state index contributed by atoms with van der Waals surface area (Å²) in [5, 5.41) is 8.86. The van der Waals surface area contributed by atoms with Crippen LogP contribution in [0, 0.1) is 5.92 Å². The van der Waals surface area contributed by atoms with E-state index in [9.17, 15) is 4.79 Å². The fourth-order valence-corrected chi connectivity index (χ4v) is 1.57. The second-order valence-electron chi connectivity index (χ2n) is 3.12. The van der Waals surface area contributed by atoms with E-state index in [-0.39, 0.29) is 6.61 Å². The van der Waals surface area contributed by atoms with Crippen molar-refractivity contribution in [3.8, 4) is 0 Å². The monoisotopic (exact) mass is 155 g/mol. The van der Waals surface area contributed by atoms with Crippen molar-refractivity contribution in [2.24, 2.45) is 5.92 Å². The zero-order valence-electron chi connectivity index (χ0n) is 6.70. The van der Waals surface area contributed by atoms with Gasteiger partial charge in [-0.15, -0.1) is 0 Å². The maximum absolute atomic E-state index is 10.2. The molecule has 0 aliphatic carbocycles. The first-order valence-corrected chi connectivity index (χ1v) is 4.13. The Morgan fingerprint density at radius 1 is 1.73 bits per heavy atom. The molecular weight excluding hydrogens is 141 g/mol. The van der Waals surface area contributed by atoms with E-state index in [4.69, 9.17) is 5.11 Å². The molecule has 0 aromatic rings. The molecule has 62 valence electrons. The summed E-state index contributed by atoms with van der Waals surface area (Å²) in [4.78, 5) is 12.3. The lowest BCUT2D eigenvalue weighted by molar-refractivity contribution is 0.166. The van der Waals surface area contributed by atoms with Gasteiger partial charge in [0, 0.05) is 6.61 Å². The van der Waals surface area contributed by atoms with Crippen molar-refractivity contribution in [3.05, 3.63) is 0 Å². The van der Waals surface area contributed by atoms with Crippen LogP contribution < -0.4 is 0 Å². The molecule has 0 bridgehead atoms. The van der Waals surface area contributed by atoms with Crippen molar-refractivity contribution in [3.63, 3.8) is 0 Å². The average Bonchev–Trinajstić information content (AvgIpc) is 2.06. The van der Waals surface area contributed by atoms with E-state index in [0.29, 0.717) is 13.3 Å². The molecule has 0 radical (unpaired) electrons. The number of carbonyl (C=O) groups is 1. The predicted octanol–water partition coefficient (Wildman–Crippen LogP) is -0.768. The summed E-state index contributed by atoms with van der Waals surface area (Å²) < 4.78 is 0. The van der Waals surface area contributed by atoms with Gasteiger partial charge in [0.05, 0.1) is 6.19 Å². The van der Waals surface area contributed by atoms with Crippen molar-refractivity contribution in [2.75, 3.05) is 19.7 Å². The fourth-order valence-electron chi connectivity index (χ4n) is 1.57. The molecule has 1 fully saturated rings. The summed E-state index contributed by atoms with van der Waals surface area (Å²) >= 11 is 0. The van der Waals surface area contributed by atoms with E-state index in [1.165, 1.54) is 0 Å². The summed E-state index contributed by atoms with van der Waals surface area (Å²) in [6.45, 7) is 2.15. The molecule has 1 saturated heterocycles. The molecule has 1 N–H and O–H groups in total. The first-order valence-electron chi connectivity index (χ1n) is 4.13. The Balaban J connectivity index is 2.27. The maximum atomic E-state index is 10.2. The van der Waals surface area contributed by atoms with Crippen molar-refractivity contribution in [1.82, 2.24) is 4.81 Å². The Bertz CT molecular complexity index is 132. The fraction of sp³-hybridized carbons (Fsp3) is 0.857. The molecule has 1 rings (SSSR count). The summed E-state index contributed by atoms with van der Waals surface area (Å²) in [6, 6.07) is 0. The van der Waals surface area contributed by atoms with Crippen LogP contribution >= 0.6 is 0 Å². The van der Waals surface area contributed by atoms with E-state index in [1.807, 2.05) is 0 Å². The molecule has 0 saturated carbocycles. The third-order valence-electron chi connectivity index (χ3n) is 2.19. The number of piperidine rings is 1. The van der Waals surface area contributed by atoms with Gasteiger partial charge in [-0.25, -0.2) is 0 Å². The van der Waals surface area contributed by atoms with E-state index in [1.54, 1.807) is 0 Å². The molecule has 3 nitrogen and oxygen atoms in total. The normalized spacial score (nSPS) is 26.5. The number of nitrogens with zero attached hydrogens (tertiary/aromatic N) is 1. The molecule has 0 spiro atoms. The summed E-state index contributed by atoms with van der Waals surface area (Å²) in [5.41, 5.74) is 0. The largest absolute Gasteiger partial charge is 0.396 e. The zero-order valence-corrected chi connectivity index (χ0v) is 6.70. The summed E-state index contributed by atoms with van der Waals surface area (Å²) in [5.74, 6) is 0.392. The molecule has 0 amide bonds. The highest BCUT2D eigenvalue weighted by molar-refractivity contribution is 6.64. The van der Waals surface area contributed by atoms with Crippen LogP contribution in [0.4, 0.5) is 0 Å². The van der Waals surface area contributed by atoms with Gasteiger partial charge in [0.25, 0.3) is 7.41 Å². The molecule has 1 aliphatic rings. The number of carbonyl (C=O) groups excluding carboxylic acids is 1. The van der Waals surface area contributed by atoms with E-state index < -0.39 is 0 Å². The zero-order chi connectivity index (χ0) is 8.10. The number of hydrogen-bond donors (Lipinski definition) is 1. The molecule has 4 heteroatoms. The van der Waals surface area contributed by atoms with Gasteiger partial charge in [-0.3, -0.25) is 0 Å². The predicted molar refractivity (Wildman–Crippen MR) is 45.3 cm³/mol. The van der Waals surface area contributed by atoms with Gasteiger partial charge in [0.15, 0.2) is 0 Å². The van der Waals surface area contributed by atoms with Crippen LogP contribution in [-0.2, 0) is 4.79 Å². The van der Waals surface area contributed by atoms with Crippen LogP contribution in [0.5, 0.6) is 0 Å². The second-order valence-corrected chi connectivity index (χ2v) is 3.12. The minimum atomic E-state index is 0.259. The van der Waals surface area contributed by atoms with Gasteiger partial charge in [0.2, 0.25) is 0 Å². The lowest BCUT2D eigenvalue weighted by atomic mass is 9.87. The van der Waals surface area contributed by atoms with Crippen molar-refractivity contribution in [2.45, 2.75) is 12.8 Å². The van der Waals surface area contributed by atoms with Crippen LogP contribution in [0.3, 0.4) is 0 Å². The molecule has 0 aromatic carbocycles. The van der Waals surface area contributed by atoms with Crippen molar-refractivity contribution in [1.29, 1.82) is 0 Å². The number of aliphatic hydroxyl groups excluding tert-OH is 1. The highest BCUT2D eigenvalue weighted by atomic mass is 16.3. The molecule has 1 heterocycles. The topological polar surface area (TPSA) is 40.5 Å². The Morgan fingerprint density at radius 2 is 2.55 bits per heavy atom. The average molecular weight is 155 g/mol. The lowest BCUT2D eigenvalue weighted by Crippen LogP contribution is -2.39. The van der Waals surface area contributed by atoms with Gasteiger partial charge < -0.3 is 14.7 Å². The highest BCUT2D eigenvalue weighted by Gasteiger charge is 2.18. The van der Waals surface area contributed by atoms with E-state index in [0.717, 1.165) is 32.1 Å². The number of aliphatic hydroxyl groups is 1. The Kier molecular flexibility index (Phi) is 3.59. The van der Waals surface area contributed by atoms with Gasteiger partial charge >= 0.3 is 0 Å². The van der Waals surface area contributed by atoms with Gasteiger partial charge in [-0.1, -0.05) is 0 Å². The molecular formula is C7H14BNO2. The van der Waals surface area contributed by atoms with Crippen molar-refractivity contribution < 1.29 is 9.90 Å². The lowest BCUT2D eigenvalue weighted by Gasteiger charge is -2.29. The van der Waals surface area contributed by atoms with E-state index >= 15 is 0 Å². The SMILES string of the molecule is O=CBN1CCCC(CO)C1. The molecule has 1 aliphatic heterocycles. The molecule has 1 atom stereocenters. The van der Waals surface area contributed by atoms with Crippen LogP contribution in [0.15, 0.2) is 0 Å². The second kappa shape index (κ2) is 4.52. The molecule has 0 aromatic heterocycles. The Hall–Kier alpha value is -0.345.